The van der Waals surface area contributed by atoms with Crippen LogP contribution in [0.15, 0.2) is 36.5 Å². The Morgan fingerprint density at radius 2 is 1.12 bits per heavy atom. The molecule has 3 atom stereocenters. The van der Waals surface area contributed by atoms with E-state index < -0.39 is 57.6 Å². The molecule has 0 rings (SSSR count). The maximum absolute atomic E-state index is 12.2. The molecule has 0 aliphatic rings. The summed E-state index contributed by atoms with van der Waals surface area (Å²) in [6.45, 7) is 2.44. The van der Waals surface area contributed by atoms with Gasteiger partial charge in [-0.05, 0) is 44.9 Å². The van der Waals surface area contributed by atoms with Gasteiger partial charge >= 0.3 is 19.8 Å². The fourth-order valence-corrected chi connectivity index (χ4v) is 6.10. The molecule has 52 heavy (non-hydrogen) atoms. The number of nitrogens with one attached hydrogen (secondary N) is 1. The van der Waals surface area contributed by atoms with Crippen molar-refractivity contribution in [3.8, 4) is 0 Å². The molecule has 4 N–H and O–H groups in total. The predicted molar refractivity (Wildman–Crippen MR) is 208 cm³/mol. The minimum absolute atomic E-state index is 0.147. The SMILES string of the molecule is CC/C=C\C/C=C\C/C=C\CCCCCCCCCC(=O)OCC(O)COP(=O)(O)OCC(NC(=O)CCCCCCCCCCCCC)C(=O)O. The molecule has 0 aromatic carbocycles. The van der Waals surface area contributed by atoms with Gasteiger partial charge in [-0.25, -0.2) is 9.36 Å². The van der Waals surface area contributed by atoms with Crippen LogP contribution in [0.1, 0.15) is 168 Å². The lowest BCUT2D eigenvalue weighted by atomic mass is 10.1. The van der Waals surface area contributed by atoms with Crippen LogP contribution in [0.2, 0.25) is 0 Å². The number of carbonyl (C=O) groups excluding carboxylic acids is 2. The number of ether oxygens (including phenoxy) is 1. The molecule has 0 saturated carbocycles. The van der Waals surface area contributed by atoms with Crippen molar-refractivity contribution < 1.29 is 47.8 Å². The summed E-state index contributed by atoms with van der Waals surface area (Å²) in [5.74, 6) is -2.38. The highest BCUT2D eigenvalue weighted by atomic mass is 31.2. The first-order valence-corrected chi connectivity index (χ1v) is 21.5. The first kappa shape index (κ1) is 49.7. The number of hydrogen-bond donors (Lipinski definition) is 4. The van der Waals surface area contributed by atoms with E-state index in [0.29, 0.717) is 12.8 Å². The zero-order chi connectivity index (χ0) is 38.5. The van der Waals surface area contributed by atoms with Crippen LogP contribution in [0.5, 0.6) is 0 Å². The second kappa shape index (κ2) is 35.7. The molecule has 1 amide bonds. The number of aliphatic carboxylic acids is 1. The third kappa shape index (κ3) is 34.8. The lowest BCUT2D eigenvalue weighted by Gasteiger charge is -2.18. The molecule has 0 aromatic rings. The van der Waals surface area contributed by atoms with E-state index >= 15 is 0 Å². The van der Waals surface area contributed by atoms with Crippen molar-refractivity contribution in [3.63, 3.8) is 0 Å². The summed E-state index contributed by atoms with van der Waals surface area (Å²) >= 11 is 0. The van der Waals surface area contributed by atoms with Gasteiger partial charge in [0, 0.05) is 12.8 Å². The lowest BCUT2D eigenvalue weighted by molar-refractivity contribution is -0.147. The molecule has 0 fully saturated rings. The number of phosphoric ester groups is 1. The van der Waals surface area contributed by atoms with Gasteiger partial charge in [0.1, 0.15) is 12.7 Å². The molecule has 0 heterocycles. The third-order valence-electron chi connectivity index (χ3n) is 8.44. The molecule has 0 aromatic heterocycles. The zero-order valence-corrected chi connectivity index (χ0v) is 33.3. The number of aliphatic hydroxyl groups excluding tert-OH is 1. The van der Waals surface area contributed by atoms with Gasteiger partial charge in [0.05, 0.1) is 13.2 Å². The fourth-order valence-electron chi connectivity index (χ4n) is 5.33. The van der Waals surface area contributed by atoms with Gasteiger partial charge in [-0.3, -0.25) is 18.6 Å². The van der Waals surface area contributed by atoms with Crippen LogP contribution in [0.25, 0.3) is 0 Å². The van der Waals surface area contributed by atoms with Crippen molar-refractivity contribution in [1.29, 1.82) is 0 Å². The van der Waals surface area contributed by atoms with Gasteiger partial charge < -0.3 is 25.2 Å². The van der Waals surface area contributed by atoms with Crippen LogP contribution in [0, 0.1) is 0 Å². The van der Waals surface area contributed by atoms with Crippen LogP contribution in [0.3, 0.4) is 0 Å². The van der Waals surface area contributed by atoms with Crippen molar-refractivity contribution >= 4 is 25.7 Å². The number of amides is 1. The number of allylic oxidation sites excluding steroid dienone is 6. The Hall–Kier alpha value is -2.30. The van der Waals surface area contributed by atoms with E-state index in [1.54, 1.807) is 0 Å². The molecule has 0 spiro atoms. The van der Waals surface area contributed by atoms with Crippen LogP contribution in [0.4, 0.5) is 0 Å². The van der Waals surface area contributed by atoms with E-state index in [1.165, 1.54) is 57.8 Å². The Bertz CT molecular complexity index is 1030. The molecule has 302 valence electrons. The number of unbranched alkanes of at least 4 members (excludes halogenated alkanes) is 17. The molecule has 0 bridgehead atoms. The molecule has 11 nitrogen and oxygen atoms in total. The number of aliphatic hydroxyl groups is 1. The van der Waals surface area contributed by atoms with E-state index in [2.05, 4.69) is 55.6 Å². The van der Waals surface area contributed by atoms with Crippen molar-refractivity contribution in [2.24, 2.45) is 0 Å². The van der Waals surface area contributed by atoms with Gasteiger partial charge in [0.25, 0.3) is 0 Å². The number of carboxylic acid groups (broad SMARTS) is 1. The number of rotatable bonds is 37. The Morgan fingerprint density at radius 1 is 0.635 bits per heavy atom. The predicted octanol–water partition coefficient (Wildman–Crippen LogP) is 9.66. The smallest absolute Gasteiger partial charge is 0.472 e. The summed E-state index contributed by atoms with van der Waals surface area (Å²) < 4.78 is 26.7. The van der Waals surface area contributed by atoms with Crippen LogP contribution >= 0.6 is 7.82 Å². The summed E-state index contributed by atoms with van der Waals surface area (Å²) in [6.07, 6.45) is 36.0. The quantitative estimate of drug-likeness (QED) is 0.0207. The zero-order valence-electron chi connectivity index (χ0n) is 32.4. The molecule has 0 aliphatic heterocycles. The molecular formula is C40H72NO10P. The average molecular weight is 758 g/mol. The average Bonchev–Trinajstić information content (AvgIpc) is 3.11. The van der Waals surface area contributed by atoms with Crippen molar-refractivity contribution in [3.05, 3.63) is 36.5 Å². The minimum Gasteiger partial charge on any atom is -0.480 e. The molecule has 0 aliphatic carbocycles. The van der Waals surface area contributed by atoms with E-state index in [1.807, 2.05) is 0 Å². The van der Waals surface area contributed by atoms with Gasteiger partial charge in [-0.1, -0.05) is 147 Å². The first-order valence-electron chi connectivity index (χ1n) is 20.0. The highest BCUT2D eigenvalue weighted by Gasteiger charge is 2.28. The van der Waals surface area contributed by atoms with Gasteiger partial charge in [0.2, 0.25) is 5.91 Å². The highest BCUT2D eigenvalue weighted by Crippen LogP contribution is 2.43. The number of phosphoric acid groups is 1. The Labute approximate surface area is 314 Å². The Balaban J connectivity index is 3.93. The summed E-state index contributed by atoms with van der Waals surface area (Å²) in [4.78, 5) is 45.7. The summed E-state index contributed by atoms with van der Waals surface area (Å²) in [6, 6.07) is -1.54. The highest BCUT2D eigenvalue weighted by molar-refractivity contribution is 7.47. The van der Waals surface area contributed by atoms with Crippen LogP contribution in [-0.4, -0.2) is 64.9 Å². The van der Waals surface area contributed by atoms with Crippen molar-refractivity contribution in [1.82, 2.24) is 5.32 Å². The number of hydrogen-bond acceptors (Lipinski definition) is 8. The van der Waals surface area contributed by atoms with Crippen LogP contribution in [-0.2, 0) is 32.7 Å². The Morgan fingerprint density at radius 3 is 1.67 bits per heavy atom. The fraction of sp³-hybridized carbons (Fsp3) is 0.775. The van der Waals surface area contributed by atoms with Crippen molar-refractivity contribution in [2.45, 2.75) is 180 Å². The van der Waals surface area contributed by atoms with E-state index in [9.17, 15) is 34.1 Å². The summed E-state index contributed by atoms with van der Waals surface area (Å²) in [5, 5.41) is 21.7. The normalized spacial score (nSPS) is 14.2. The topological polar surface area (TPSA) is 169 Å². The largest absolute Gasteiger partial charge is 0.480 e. The minimum atomic E-state index is -4.75. The second-order valence-electron chi connectivity index (χ2n) is 13.4. The number of carboxylic acids is 1. The molecule has 0 saturated heterocycles. The second-order valence-corrected chi connectivity index (χ2v) is 14.9. The monoisotopic (exact) mass is 757 g/mol. The first-order chi connectivity index (χ1) is 25.1. The van der Waals surface area contributed by atoms with E-state index in [0.717, 1.165) is 70.6 Å². The summed E-state index contributed by atoms with van der Waals surface area (Å²) in [7, 11) is -4.75. The van der Waals surface area contributed by atoms with Gasteiger partial charge in [-0.15, -0.1) is 0 Å². The molecule has 0 radical (unpaired) electrons. The molecular weight excluding hydrogens is 685 g/mol. The third-order valence-corrected chi connectivity index (χ3v) is 9.39. The van der Waals surface area contributed by atoms with Crippen molar-refractivity contribution in [2.75, 3.05) is 19.8 Å². The number of esters is 1. The van der Waals surface area contributed by atoms with Crippen LogP contribution < -0.4 is 5.32 Å². The van der Waals surface area contributed by atoms with Gasteiger partial charge in [0.15, 0.2) is 6.04 Å². The standard InChI is InChI=1S/C40H72NO10P/c1-3-5-7-9-11-13-15-16-17-18-19-20-22-24-26-28-30-32-39(44)49-33-36(42)34-50-52(47,48)51-35-37(40(45)46)41-38(43)31-29-27-25-23-21-14-12-10-8-6-4-2/h5,7,11,13,16-17,36-37,42H,3-4,6,8-10,12,14-15,18-35H2,1-2H3,(H,41,43)(H,45,46)(H,47,48)/b7-5-,13-11-,17-16-. The summed E-state index contributed by atoms with van der Waals surface area (Å²) in [5.41, 5.74) is 0. The van der Waals surface area contributed by atoms with Gasteiger partial charge in [-0.2, -0.15) is 0 Å². The number of carbonyl (C=O) groups is 3. The molecule has 3 unspecified atom stereocenters. The Kier molecular flexibility index (Phi) is 34.1. The van der Waals surface area contributed by atoms with E-state index in [4.69, 9.17) is 13.8 Å². The molecule has 12 heteroatoms. The maximum Gasteiger partial charge on any atom is 0.472 e. The lowest BCUT2D eigenvalue weighted by Crippen LogP contribution is -2.43. The maximum atomic E-state index is 12.2. The van der Waals surface area contributed by atoms with E-state index in [-0.39, 0.29) is 12.8 Å².